The van der Waals surface area contributed by atoms with Gasteiger partial charge in [-0.15, -0.1) is 0 Å². The Morgan fingerprint density at radius 2 is 1.83 bits per heavy atom. The number of benzene rings is 2. The monoisotopic (exact) mass is 256 g/mol. The molecule has 18 heavy (non-hydrogen) atoms. The summed E-state index contributed by atoms with van der Waals surface area (Å²) in [5.74, 6) is 0.458. The first-order valence-corrected chi connectivity index (χ1v) is 6.47. The van der Waals surface area contributed by atoms with Gasteiger partial charge >= 0.3 is 0 Å². The molecule has 1 aliphatic rings. The van der Waals surface area contributed by atoms with Gasteiger partial charge in [0, 0.05) is 23.8 Å². The Morgan fingerprint density at radius 1 is 1.06 bits per heavy atom. The lowest BCUT2D eigenvalue weighted by Gasteiger charge is -2.25. The van der Waals surface area contributed by atoms with Crippen molar-refractivity contribution in [1.82, 2.24) is 0 Å². The van der Waals surface area contributed by atoms with E-state index >= 15 is 0 Å². The van der Waals surface area contributed by atoms with Gasteiger partial charge in [-0.1, -0.05) is 48.0 Å². The van der Waals surface area contributed by atoms with E-state index in [9.17, 15) is 4.79 Å². The second-order valence-electron chi connectivity index (χ2n) is 4.73. The highest BCUT2D eigenvalue weighted by atomic mass is 35.5. The summed E-state index contributed by atoms with van der Waals surface area (Å²) in [5.41, 5.74) is 3.51. The molecule has 0 saturated heterocycles. The SMILES string of the molecule is O=C1Cc2ccc(Cl)cc2C(c2ccccc2)C1. The molecule has 90 valence electrons. The first-order valence-electron chi connectivity index (χ1n) is 6.09. The van der Waals surface area contributed by atoms with Crippen molar-refractivity contribution in [3.63, 3.8) is 0 Å². The number of carbonyl (C=O) groups is 1. The summed E-state index contributed by atoms with van der Waals surface area (Å²) in [4.78, 5) is 11.9. The number of Topliss-reactive ketones (excluding diaryl/α,β-unsaturated/α-hetero) is 1. The van der Waals surface area contributed by atoms with Crippen LogP contribution in [0.2, 0.25) is 5.02 Å². The Labute approximate surface area is 111 Å². The molecule has 2 aromatic carbocycles. The van der Waals surface area contributed by atoms with Crippen LogP contribution in [-0.4, -0.2) is 5.78 Å². The van der Waals surface area contributed by atoms with E-state index in [1.165, 1.54) is 11.1 Å². The zero-order valence-electron chi connectivity index (χ0n) is 9.90. The van der Waals surface area contributed by atoms with Gasteiger partial charge in [-0.2, -0.15) is 0 Å². The lowest BCUT2D eigenvalue weighted by molar-refractivity contribution is -0.119. The van der Waals surface area contributed by atoms with Crippen molar-refractivity contribution < 1.29 is 4.79 Å². The summed E-state index contributed by atoms with van der Waals surface area (Å²) in [6.45, 7) is 0. The van der Waals surface area contributed by atoms with Gasteiger partial charge in [-0.05, 0) is 28.8 Å². The molecule has 0 spiro atoms. The van der Waals surface area contributed by atoms with Crippen LogP contribution in [0.3, 0.4) is 0 Å². The molecule has 1 aliphatic carbocycles. The molecule has 0 radical (unpaired) electrons. The number of hydrogen-bond donors (Lipinski definition) is 0. The maximum atomic E-state index is 11.9. The van der Waals surface area contributed by atoms with E-state index in [-0.39, 0.29) is 5.92 Å². The third-order valence-electron chi connectivity index (χ3n) is 3.50. The molecule has 3 rings (SSSR count). The first-order chi connectivity index (χ1) is 8.74. The Bertz CT molecular complexity index is 589. The summed E-state index contributed by atoms with van der Waals surface area (Å²) in [7, 11) is 0. The van der Waals surface area contributed by atoms with Gasteiger partial charge in [0.15, 0.2) is 0 Å². The molecular formula is C16H13ClO. The van der Waals surface area contributed by atoms with Gasteiger partial charge in [-0.25, -0.2) is 0 Å². The average Bonchev–Trinajstić information content (AvgIpc) is 2.39. The fourth-order valence-corrected chi connectivity index (χ4v) is 2.84. The minimum atomic E-state index is 0.154. The third kappa shape index (κ3) is 2.06. The van der Waals surface area contributed by atoms with Crippen LogP contribution in [0.25, 0.3) is 0 Å². The summed E-state index contributed by atoms with van der Waals surface area (Å²) >= 11 is 6.08. The lowest BCUT2D eigenvalue weighted by atomic mass is 9.78. The lowest BCUT2D eigenvalue weighted by Crippen LogP contribution is -2.19. The number of ketones is 1. The molecule has 1 unspecified atom stereocenters. The molecule has 0 amide bonds. The molecule has 2 heteroatoms. The van der Waals surface area contributed by atoms with Gasteiger partial charge in [0.05, 0.1) is 0 Å². The molecule has 0 heterocycles. The number of rotatable bonds is 1. The van der Waals surface area contributed by atoms with Gasteiger partial charge in [0.25, 0.3) is 0 Å². The molecule has 1 atom stereocenters. The zero-order chi connectivity index (χ0) is 12.5. The largest absolute Gasteiger partial charge is 0.299 e. The predicted octanol–water partition coefficient (Wildman–Crippen LogP) is 3.99. The van der Waals surface area contributed by atoms with Crippen LogP contribution in [0.1, 0.15) is 29.0 Å². The van der Waals surface area contributed by atoms with Crippen LogP contribution in [-0.2, 0) is 11.2 Å². The molecule has 0 saturated carbocycles. The highest BCUT2D eigenvalue weighted by molar-refractivity contribution is 6.30. The van der Waals surface area contributed by atoms with E-state index in [0.717, 1.165) is 10.6 Å². The maximum absolute atomic E-state index is 11.9. The Morgan fingerprint density at radius 3 is 2.61 bits per heavy atom. The van der Waals surface area contributed by atoms with Crippen LogP contribution in [0.15, 0.2) is 48.5 Å². The number of halogens is 1. The zero-order valence-corrected chi connectivity index (χ0v) is 10.7. The molecular weight excluding hydrogens is 244 g/mol. The van der Waals surface area contributed by atoms with Crippen molar-refractivity contribution in [2.45, 2.75) is 18.8 Å². The van der Waals surface area contributed by atoms with Crippen LogP contribution < -0.4 is 0 Å². The minimum absolute atomic E-state index is 0.154. The second-order valence-corrected chi connectivity index (χ2v) is 5.16. The van der Waals surface area contributed by atoms with Crippen molar-refractivity contribution in [3.8, 4) is 0 Å². The molecule has 0 bridgehead atoms. The van der Waals surface area contributed by atoms with Crippen LogP contribution in [0.4, 0.5) is 0 Å². The van der Waals surface area contributed by atoms with Crippen LogP contribution in [0.5, 0.6) is 0 Å². The van der Waals surface area contributed by atoms with Gasteiger partial charge in [0.2, 0.25) is 0 Å². The van der Waals surface area contributed by atoms with Crippen molar-refractivity contribution in [2.24, 2.45) is 0 Å². The summed E-state index contributed by atoms with van der Waals surface area (Å²) < 4.78 is 0. The summed E-state index contributed by atoms with van der Waals surface area (Å²) in [6, 6.07) is 16.0. The fourth-order valence-electron chi connectivity index (χ4n) is 2.66. The van der Waals surface area contributed by atoms with E-state index in [1.54, 1.807) is 0 Å². The van der Waals surface area contributed by atoms with Crippen LogP contribution in [0, 0.1) is 0 Å². The van der Waals surface area contributed by atoms with E-state index in [0.29, 0.717) is 18.6 Å². The predicted molar refractivity (Wildman–Crippen MR) is 73.1 cm³/mol. The number of carbonyl (C=O) groups excluding carboxylic acids is 1. The van der Waals surface area contributed by atoms with Gasteiger partial charge < -0.3 is 0 Å². The number of hydrogen-bond acceptors (Lipinski definition) is 1. The highest BCUT2D eigenvalue weighted by Gasteiger charge is 2.26. The normalized spacial score (nSPS) is 18.5. The van der Waals surface area contributed by atoms with E-state index < -0.39 is 0 Å². The van der Waals surface area contributed by atoms with Gasteiger partial charge in [-0.3, -0.25) is 4.79 Å². The van der Waals surface area contributed by atoms with E-state index in [2.05, 4.69) is 12.1 Å². The molecule has 0 N–H and O–H groups in total. The Hall–Kier alpha value is -1.60. The van der Waals surface area contributed by atoms with Crippen molar-refractivity contribution in [1.29, 1.82) is 0 Å². The van der Waals surface area contributed by atoms with Crippen molar-refractivity contribution >= 4 is 17.4 Å². The average molecular weight is 257 g/mol. The maximum Gasteiger partial charge on any atom is 0.138 e. The van der Waals surface area contributed by atoms with Gasteiger partial charge in [0.1, 0.15) is 5.78 Å². The van der Waals surface area contributed by atoms with Crippen LogP contribution >= 0.6 is 11.6 Å². The van der Waals surface area contributed by atoms with Crippen molar-refractivity contribution in [2.75, 3.05) is 0 Å². The molecule has 0 aliphatic heterocycles. The second kappa shape index (κ2) is 4.58. The molecule has 2 aromatic rings. The molecule has 1 nitrogen and oxygen atoms in total. The molecule has 0 fully saturated rings. The Kier molecular flexibility index (Phi) is 2.92. The Balaban J connectivity index is 2.12. The smallest absolute Gasteiger partial charge is 0.138 e. The quantitative estimate of drug-likeness (QED) is 0.754. The molecule has 0 aromatic heterocycles. The van der Waals surface area contributed by atoms with E-state index in [4.69, 9.17) is 11.6 Å². The topological polar surface area (TPSA) is 17.1 Å². The standard InChI is InChI=1S/C16H13ClO/c17-13-7-6-12-8-14(18)10-16(15(12)9-13)11-4-2-1-3-5-11/h1-7,9,16H,8,10H2. The summed E-state index contributed by atoms with van der Waals surface area (Å²) in [5, 5.41) is 0.740. The fraction of sp³-hybridized carbons (Fsp3) is 0.188. The van der Waals surface area contributed by atoms with E-state index in [1.807, 2.05) is 36.4 Å². The highest BCUT2D eigenvalue weighted by Crippen LogP contribution is 2.36. The van der Waals surface area contributed by atoms with Crippen molar-refractivity contribution in [3.05, 3.63) is 70.2 Å². The number of fused-ring (bicyclic) bond motifs is 1. The minimum Gasteiger partial charge on any atom is -0.299 e. The first kappa shape index (κ1) is 11.5. The third-order valence-corrected chi connectivity index (χ3v) is 3.74. The summed E-state index contributed by atoms with van der Waals surface area (Å²) in [6.07, 6.45) is 1.12.